The van der Waals surface area contributed by atoms with Crippen molar-refractivity contribution in [1.29, 1.82) is 0 Å². The van der Waals surface area contributed by atoms with Crippen molar-refractivity contribution < 1.29 is 9.84 Å². The maximum absolute atomic E-state index is 9.87. The van der Waals surface area contributed by atoms with Crippen molar-refractivity contribution in [2.45, 2.75) is 19.1 Å². The average Bonchev–Trinajstić information content (AvgIpc) is 2.98. The first-order valence-electron chi connectivity index (χ1n) is 6.37. The number of rotatable bonds is 7. The molecular weight excluding hydrogens is 258 g/mol. The lowest BCUT2D eigenvalue weighted by atomic mass is 10.2. The summed E-state index contributed by atoms with van der Waals surface area (Å²) in [6, 6.07) is 11.9. The van der Waals surface area contributed by atoms with Gasteiger partial charge in [0.05, 0.1) is 0 Å². The third-order valence-electron chi connectivity index (χ3n) is 2.89. The van der Waals surface area contributed by atoms with Crippen LogP contribution in [0, 0.1) is 0 Å². The highest BCUT2D eigenvalue weighted by Gasteiger charge is 2.09. The highest BCUT2D eigenvalue weighted by atomic mass is 32.1. The average molecular weight is 277 g/mol. The van der Waals surface area contributed by atoms with Crippen LogP contribution in [0.3, 0.4) is 0 Å². The lowest BCUT2D eigenvalue weighted by Gasteiger charge is -2.17. The Kier molecular flexibility index (Phi) is 5.39. The Labute approximate surface area is 117 Å². The van der Waals surface area contributed by atoms with Crippen molar-refractivity contribution in [3.63, 3.8) is 0 Å². The molecule has 0 amide bonds. The summed E-state index contributed by atoms with van der Waals surface area (Å²) in [6.45, 7) is 2.91. The topological polar surface area (TPSA) is 41.5 Å². The van der Waals surface area contributed by atoms with Crippen LogP contribution < -0.4 is 10.1 Å². The molecule has 1 aromatic carbocycles. The van der Waals surface area contributed by atoms with Crippen LogP contribution in [0.4, 0.5) is 0 Å². The van der Waals surface area contributed by atoms with Crippen molar-refractivity contribution in [3.05, 3.63) is 52.7 Å². The summed E-state index contributed by atoms with van der Waals surface area (Å²) < 4.78 is 5.50. The minimum absolute atomic E-state index is 0.248. The molecule has 3 nitrogen and oxygen atoms in total. The molecule has 102 valence electrons. The van der Waals surface area contributed by atoms with Crippen LogP contribution in [0.15, 0.2) is 47.2 Å². The fourth-order valence-corrected chi connectivity index (χ4v) is 2.47. The SMILES string of the molecule is CC(NCC(O)COc1ccccc1)c1ccsc1. The minimum Gasteiger partial charge on any atom is -0.491 e. The molecule has 0 fully saturated rings. The summed E-state index contributed by atoms with van der Waals surface area (Å²) in [5.74, 6) is 0.785. The molecule has 0 aliphatic rings. The van der Waals surface area contributed by atoms with Gasteiger partial charge in [-0.15, -0.1) is 0 Å². The van der Waals surface area contributed by atoms with Gasteiger partial charge in [-0.3, -0.25) is 0 Å². The van der Waals surface area contributed by atoms with Crippen molar-refractivity contribution in [2.24, 2.45) is 0 Å². The number of para-hydroxylation sites is 1. The highest BCUT2D eigenvalue weighted by molar-refractivity contribution is 7.07. The molecule has 0 aliphatic heterocycles. The van der Waals surface area contributed by atoms with E-state index in [1.54, 1.807) is 11.3 Å². The first kappa shape index (κ1) is 14.1. The molecule has 0 radical (unpaired) electrons. The van der Waals surface area contributed by atoms with E-state index in [2.05, 4.69) is 29.1 Å². The summed E-state index contributed by atoms with van der Waals surface area (Å²) in [5.41, 5.74) is 1.25. The molecule has 4 heteroatoms. The van der Waals surface area contributed by atoms with E-state index >= 15 is 0 Å². The fourth-order valence-electron chi connectivity index (χ4n) is 1.72. The molecule has 2 aromatic rings. The van der Waals surface area contributed by atoms with Gasteiger partial charge in [-0.05, 0) is 41.4 Å². The number of aliphatic hydroxyl groups is 1. The molecule has 0 saturated carbocycles. The zero-order valence-electron chi connectivity index (χ0n) is 11.0. The van der Waals surface area contributed by atoms with Gasteiger partial charge in [0, 0.05) is 12.6 Å². The van der Waals surface area contributed by atoms with Crippen LogP contribution >= 0.6 is 11.3 Å². The summed E-state index contributed by atoms with van der Waals surface area (Å²) in [7, 11) is 0. The predicted molar refractivity (Wildman–Crippen MR) is 78.7 cm³/mol. The molecule has 1 aromatic heterocycles. The zero-order chi connectivity index (χ0) is 13.5. The molecule has 0 saturated heterocycles. The van der Waals surface area contributed by atoms with Gasteiger partial charge in [0.2, 0.25) is 0 Å². The molecule has 19 heavy (non-hydrogen) atoms. The quantitative estimate of drug-likeness (QED) is 0.817. The third kappa shape index (κ3) is 4.67. The van der Waals surface area contributed by atoms with Gasteiger partial charge in [-0.2, -0.15) is 11.3 Å². The molecule has 2 rings (SSSR count). The zero-order valence-corrected chi connectivity index (χ0v) is 11.8. The van der Waals surface area contributed by atoms with Crippen molar-refractivity contribution in [2.75, 3.05) is 13.2 Å². The van der Waals surface area contributed by atoms with Gasteiger partial charge in [-0.1, -0.05) is 18.2 Å². The largest absolute Gasteiger partial charge is 0.491 e. The Morgan fingerprint density at radius 2 is 2.05 bits per heavy atom. The van der Waals surface area contributed by atoms with E-state index in [0.717, 1.165) is 5.75 Å². The van der Waals surface area contributed by atoms with E-state index in [1.165, 1.54) is 5.56 Å². The van der Waals surface area contributed by atoms with E-state index in [-0.39, 0.29) is 6.04 Å². The van der Waals surface area contributed by atoms with Gasteiger partial charge in [0.15, 0.2) is 0 Å². The third-order valence-corrected chi connectivity index (χ3v) is 3.59. The molecule has 2 N–H and O–H groups in total. The Hall–Kier alpha value is -1.36. The molecular formula is C15H19NO2S. The van der Waals surface area contributed by atoms with Gasteiger partial charge in [0.1, 0.15) is 18.5 Å². The lowest BCUT2D eigenvalue weighted by Crippen LogP contribution is -2.32. The number of hydrogen-bond donors (Lipinski definition) is 2. The molecule has 0 aliphatic carbocycles. The van der Waals surface area contributed by atoms with Crippen LogP contribution in [-0.2, 0) is 0 Å². The van der Waals surface area contributed by atoms with Crippen molar-refractivity contribution in [3.8, 4) is 5.75 Å². The number of aliphatic hydroxyl groups excluding tert-OH is 1. The number of thiophene rings is 1. The molecule has 1 heterocycles. The van der Waals surface area contributed by atoms with Crippen LogP contribution in [-0.4, -0.2) is 24.4 Å². The number of benzene rings is 1. The monoisotopic (exact) mass is 277 g/mol. The van der Waals surface area contributed by atoms with Gasteiger partial charge in [0.25, 0.3) is 0 Å². The molecule has 0 spiro atoms. The molecule has 2 atom stereocenters. The standard InChI is InChI=1S/C15H19NO2S/c1-12(13-7-8-19-11-13)16-9-14(17)10-18-15-5-3-2-4-6-15/h2-8,11-12,14,16-17H,9-10H2,1H3. The molecule has 2 unspecified atom stereocenters. The Balaban J connectivity index is 1.69. The summed E-state index contributed by atoms with van der Waals surface area (Å²) >= 11 is 1.68. The van der Waals surface area contributed by atoms with Crippen LogP contribution in [0.5, 0.6) is 5.75 Å². The molecule has 0 bridgehead atoms. The van der Waals surface area contributed by atoms with E-state index in [4.69, 9.17) is 4.74 Å². The predicted octanol–water partition coefficient (Wildman–Crippen LogP) is 2.84. The van der Waals surface area contributed by atoms with Crippen LogP contribution in [0.2, 0.25) is 0 Å². The second-order valence-corrected chi connectivity index (χ2v) is 5.24. The lowest BCUT2D eigenvalue weighted by molar-refractivity contribution is 0.104. The fraction of sp³-hybridized carbons (Fsp3) is 0.333. The van der Waals surface area contributed by atoms with E-state index < -0.39 is 6.10 Å². The number of ether oxygens (including phenoxy) is 1. The van der Waals surface area contributed by atoms with Crippen molar-refractivity contribution >= 4 is 11.3 Å². The first-order valence-corrected chi connectivity index (χ1v) is 7.31. The van der Waals surface area contributed by atoms with Gasteiger partial charge < -0.3 is 15.2 Å². The van der Waals surface area contributed by atoms with E-state index in [1.807, 2.05) is 30.3 Å². The number of nitrogens with one attached hydrogen (secondary N) is 1. The second kappa shape index (κ2) is 7.28. The maximum atomic E-state index is 9.87. The number of hydrogen-bond acceptors (Lipinski definition) is 4. The summed E-state index contributed by atoms with van der Waals surface area (Å²) in [6.07, 6.45) is -0.513. The van der Waals surface area contributed by atoms with Gasteiger partial charge in [-0.25, -0.2) is 0 Å². The first-order chi connectivity index (χ1) is 9.25. The van der Waals surface area contributed by atoms with Crippen molar-refractivity contribution in [1.82, 2.24) is 5.32 Å². The van der Waals surface area contributed by atoms with Crippen LogP contribution in [0.1, 0.15) is 18.5 Å². The normalized spacial score (nSPS) is 14.0. The Morgan fingerprint density at radius 3 is 2.74 bits per heavy atom. The maximum Gasteiger partial charge on any atom is 0.119 e. The highest BCUT2D eigenvalue weighted by Crippen LogP contribution is 2.15. The Bertz CT molecular complexity index is 458. The van der Waals surface area contributed by atoms with Crippen LogP contribution in [0.25, 0.3) is 0 Å². The Morgan fingerprint density at radius 1 is 1.26 bits per heavy atom. The summed E-state index contributed by atoms with van der Waals surface area (Å²) in [4.78, 5) is 0. The van der Waals surface area contributed by atoms with E-state index in [0.29, 0.717) is 13.2 Å². The second-order valence-electron chi connectivity index (χ2n) is 4.46. The minimum atomic E-state index is -0.513. The van der Waals surface area contributed by atoms with E-state index in [9.17, 15) is 5.11 Å². The smallest absolute Gasteiger partial charge is 0.119 e. The summed E-state index contributed by atoms with van der Waals surface area (Å²) in [5, 5.41) is 17.3. The van der Waals surface area contributed by atoms with Gasteiger partial charge >= 0.3 is 0 Å².